The largest absolute Gasteiger partial charge is 0.449 e. The van der Waals surface area contributed by atoms with Crippen molar-refractivity contribution in [2.24, 2.45) is 9.98 Å². The first-order valence-corrected chi connectivity index (χ1v) is 8.22. The van der Waals surface area contributed by atoms with E-state index in [-0.39, 0.29) is 0 Å². The number of carbonyl (C=O) groups is 1. The van der Waals surface area contributed by atoms with Gasteiger partial charge in [-0.1, -0.05) is 35.9 Å². The molecule has 0 saturated heterocycles. The van der Waals surface area contributed by atoms with Gasteiger partial charge < -0.3 is 4.74 Å². The molecule has 0 bridgehead atoms. The zero-order chi connectivity index (χ0) is 17.6. The van der Waals surface area contributed by atoms with Crippen molar-refractivity contribution in [3.63, 3.8) is 0 Å². The van der Waals surface area contributed by atoms with Gasteiger partial charge in [0.05, 0.1) is 30.1 Å². The summed E-state index contributed by atoms with van der Waals surface area (Å²) < 4.78 is 4.85. The molecular weight excluding hydrogens is 340 g/mol. The van der Waals surface area contributed by atoms with Gasteiger partial charge in [0.15, 0.2) is 0 Å². The fourth-order valence-electron chi connectivity index (χ4n) is 2.35. The average molecular weight is 357 g/mol. The molecule has 128 valence electrons. The van der Waals surface area contributed by atoms with Crippen LogP contribution in [0, 0.1) is 0 Å². The van der Waals surface area contributed by atoms with Gasteiger partial charge in [-0.15, -0.1) is 0 Å². The van der Waals surface area contributed by atoms with Gasteiger partial charge in [0.2, 0.25) is 0 Å². The van der Waals surface area contributed by atoms with Crippen molar-refractivity contribution in [3.05, 3.63) is 59.1 Å². The van der Waals surface area contributed by atoms with Crippen molar-refractivity contribution in [1.29, 1.82) is 0 Å². The molecule has 0 saturated carbocycles. The molecule has 1 amide bonds. The smallest absolute Gasteiger partial charge is 0.425 e. The van der Waals surface area contributed by atoms with E-state index in [0.29, 0.717) is 23.9 Å². The Morgan fingerprint density at radius 3 is 2.48 bits per heavy atom. The number of ether oxygens (including phenoxy) is 1. The Bertz CT molecular complexity index is 831. The topological polar surface area (TPSA) is 75.1 Å². The fraction of sp³-hybridized carbons (Fsp3) is 0.167. The van der Waals surface area contributed by atoms with E-state index in [9.17, 15) is 4.79 Å². The zero-order valence-corrected chi connectivity index (χ0v) is 14.4. The molecule has 7 heteroatoms. The van der Waals surface area contributed by atoms with E-state index in [2.05, 4.69) is 15.8 Å². The maximum Gasteiger partial charge on any atom is 0.425 e. The fourth-order valence-corrected chi connectivity index (χ4v) is 2.48. The molecule has 1 heterocycles. The highest BCUT2D eigenvalue weighted by Crippen LogP contribution is 2.31. The Labute approximate surface area is 150 Å². The predicted molar refractivity (Wildman–Crippen MR) is 99.1 cm³/mol. The van der Waals surface area contributed by atoms with Crippen molar-refractivity contribution in [3.8, 4) is 0 Å². The third kappa shape index (κ3) is 4.36. The number of nitrogens with one attached hydrogen (secondary N) is 2. The minimum atomic E-state index is -0.562. The number of fused-ring (bicyclic) bond motifs is 1. The van der Waals surface area contributed by atoms with Gasteiger partial charge in [-0.25, -0.2) is 15.2 Å². The summed E-state index contributed by atoms with van der Waals surface area (Å²) in [5.74, 6) is 0.562. The first kappa shape index (κ1) is 17.0. The number of para-hydroxylation sites is 2. The maximum atomic E-state index is 11.5. The zero-order valence-electron chi connectivity index (χ0n) is 13.6. The summed E-state index contributed by atoms with van der Waals surface area (Å²) in [4.78, 5) is 20.8. The lowest BCUT2D eigenvalue weighted by molar-refractivity contribution is 0.150. The van der Waals surface area contributed by atoms with Crippen LogP contribution in [0.1, 0.15) is 18.9 Å². The van der Waals surface area contributed by atoms with E-state index in [1.54, 1.807) is 6.92 Å². The van der Waals surface area contributed by atoms with Gasteiger partial charge in [0.25, 0.3) is 0 Å². The number of amides is 1. The van der Waals surface area contributed by atoms with Crippen molar-refractivity contribution in [2.75, 3.05) is 6.61 Å². The number of carbonyl (C=O) groups excluding carboxylic acids is 1. The Hall–Kier alpha value is -2.86. The predicted octanol–water partition coefficient (Wildman–Crippen LogP) is 4.15. The number of halogens is 1. The molecule has 0 radical (unpaired) electrons. The molecule has 1 aliphatic heterocycles. The average Bonchev–Trinajstić information content (AvgIpc) is 2.80. The first-order chi connectivity index (χ1) is 12.2. The first-order valence-electron chi connectivity index (χ1n) is 7.84. The third-order valence-electron chi connectivity index (χ3n) is 3.49. The molecule has 2 N–H and O–H groups in total. The monoisotopic (exact) mass is 356 g/mol. The molecule has 2 aromatic carbocycles. The van der Waals surface area contributed by atoms with Crippen molar-refractivity contribution >= 4 is 40.6 Å². The van der Waals surface area contributed by atoms with Crippen LogP contribution < -0.4 is 10.9 Å². The number of hydrogen-bond acceptors (Lipinski definition) is 5. The van der Waals surface area contributed by atoms with Crippen LogP contribution in [-0.2, 0) is 4.74 Å². The summed E-state index contributed by atoms with van der Waals surface area (Å²) >= 11 is 5.97. The number of amidine groups is 1. The molecule has 1 aliphatic rings. The van der Waals surface area contributed by atoms with Crippen LogP contribution in [0.15, 0.2) is 58.5 Å². The summed E-state index contributed by atoms with van der Waals surface area (Å²) in [5, 5.41) is 0.661. The number of nitrogens with zero attached hydrogens (tertiary/aromatic N) is 2. The number of benzene rings is 2. The van der Waals surface area contributed by atoms with Gasteiger partial charge in [0.1, 0.15) is 5.84 Å². The standard InChI is InChI=1S/C18H17ClN4O2/c1-2-25-18(24)23-22-17-11-16(12-7-9-13(19)10-8-12)20-14-5-3-4-6-15(14)21-17/h3-10H,2,11H2,1H3,(H,21,22)(H,23,24). The summed E-state index contributed by atoms with van der Waals surface area (Å²) in [6.07, 6.45) is -0.143. The number of rotatable bonds is 2. The van der Waals surface area contributed by atoms with Gasteiger partial charge in [0, 0.05) is 5.02 Å². The summed E-state index contributed by atoms with van der Waals surface area (Å²) in [7, 11) is 0. The molecule has 0 spiro atoms. The second-order valence-electron chi connectivity index (χ2n) is 5.26. The number of hydrogen-bond donors (Lipinski definition) is 2. The van der Waals surface area contributed by atoms with E-state index in [1.165, 1.54) is 0 Å². The van der Waals surface area contributed by atoms with Crippen LogP contribution in [0.3, 0.4) is 0 Å². The second kappa shape index (κ2) is 7.81. The highest BCUT2D eigenvalue weighted by Gasteiger charge is 2.15. The second-order valence-corrected chi connectivity index (χ2v) is 5.70. The van der Waals surface area contributed by atoms with E-state index in [0.717, 1.165) is 22.6 Å². The minimum Gasteiger partial charge on any atom is -0.449 e. The Kier molecular flexibility index (Phi) is 5.30. The molecule has 0 atom stereocenters. The molecule has 0 aromatic heterocycles. The van der Waals surface area contributed by atoms with Crippen molar-refractivity contribution in [2.45, 2.75) is 13.3 Å². The lowest BCUT2D eigenvalue weighted by Gasteiger charge is -2.11. The van der Waals surface area contributed by atoms with Crippen LogP contribution in [0.4, 0.5) is 16.2 Å². The molecule has 2 aromatic rings. The van der Waals surface area contributed by atoms with Crippen molar-refractivity contribution in [1.82, 2.24) is 10.9 Å². The van der Waals surface area contributed by atoms with Crippen LogP contribution in [0.2, 0.25) is 5.02 Å². The molecule has 0 aliphatic carbocycles. The summed E-state index contributed by atoms with van der Waals surface area (Å²) in [6.45, 7) is 2.03. The Balaban J connectivity index is 1.90. The maximum absolute atomic E-state index is 11.5. The molecule has 0 unspecified atom stereocenters. The third-order valence-corrected chi connectivity index (χ3v) is 3.74. The molecule has 25 heavy (non-hydrogen) atoms. The van der Waals surface area contributed by atoms with E-state index in [4.69, 9.17) is 21.3 Å². The van der Waals surface area contributed by atoms with Gasteiger partial charge in [-0.05, 0) is 36.8 Å². The van der Waals surface area contributed by atoms with Crippen LogP contribution in [0.25, 0.3) is 0 Å². The molecule has 3 rings (SSSR count). The quantitative estimate of drug-likeness (QED) is 0.794. The number of hydrazine groups is 1. The van der Waals surface area contributed by atoms with Gasteiger partial charge in [-0.3, -0.25) is 10.4 Å². The molecular formula is C18H17ClN4O2. The van der Waals surface area contributed by atoms with Crippen LogP contribution in [-0.4, -0.2) is 24.2 Å². The lowest BCUT2D eigenvalue weighted by Crippen LogP contribution is -2.42. The SMILES string of the molecule is CCOC(=O)NNC1=Nc2ccccc2N=C(c2ccc(Cl)cc2)C1. The highest BCUT2D eigenvalue weighted by molar-refractivity contribution is 6.30. The van der Waals surface area contributed by atoms with Crippen molar-refractivity contribution < 1.29 is 9.53 Å². The molecule has 0 fully saturated rings. The lowest BCUT2D eigenvalue weighted by atomic mass is 10.1. The van der Waals surface area contributed by atoms with E-state index < -0.39 is 6.09 Å². The minimum absolute atomic E-state index is 0.292. The normalized spacial score (nSPS) is 13.0. The van der Waals surface area contributed by atoms with Gasteiger partial charge >= 0.3 is 6.09 Å². The van der Waals surface area contributed by atoms with E-state index >= 15 is 0 Å². The Morgan fingerprint density at radius 2 is 1.80 bits per heavy atom. The Morgan fingerprint density at radius 1 is 1.12 bits per heavy atom. The van der Waals surface area contributed by atoms with E-state index in [1.807, 2.05) is 48.5 Å². The molecule has 6 nitrogen and oxygen atoms in total. The number of aliphatic imine (C=N–C) groups is 2. The van der Waals surface area contributed by atoms with Gasteiger partial charge in [-0.2, -0.15) is 0 Å². The summed E-state index contributed by atoms with van der Waals surface area (Å²) in [6, 6.07) is 15.0. The highest BCUT2D eigenvalue weighted by atomic mass is 35.5. The van der Waals surface area contributed by atoms with Crippen LogP contribution >= 0.6 is 11.6 Å². The van der Waals surface area contributed by atoms with Crippen LogP contribution in [0.5, 0.6) is 0 Å². The summed E-state index contributed by atoms with van der Waals surface area (Å²) in [5.41, 5.74) is 8.53.